The van der Waals surface area contributed by atoms with E-state index in [-0.39, 0.29) is 11.4 Å². The second kappa shape index (κ2) is 6.50. The molecule has 0 saturated heterocycles. The lowest BCUT2D eigenvalue weighted by Crippen LogP contribution is -2.27. The van der Waals surface area contributed by atoms with Crippen molar-refractivity contribution in [3.63, 3.8) is 0 Å². The SMILES string of the molecule is CCOc1ccc(NC(=O)C(C)C(=O)O)c([N+](=O)[O-])c1. The molecule has 0 saturated carbocycles. The van der Waals surface area contributed by atoms with E-state index in [0.717, 1.165) is 0 Å². The molecule has 20 heavy (non-hydrogen) atoms. The van der Waals surface area contributed by atoms with E-state index < -0.39 is 22.7 Å². The van der Waals surface area contributed by atoms with Crippen LogP contribution in [0.3, 0.4) is 0 Å². The largest absolute Gasteiger partial charge is 0.494 e. The number of benzene rings is 1. The van der Waals surface area contributed by atoms with Crippen LogP contribution < -0.4 is 10.1 Å². The number of carboxylic acids is 1. The average molecular weight is 282 g/mol. The Bertz CT molecular complexity index is 543. The summed E-state index contributed by atoms with van der Waals surface area (Å²) in [5.41, 5.74) is -0.432. The number of carbonyl (C=O) groups is 2. The Labute approximate surface area is 114 Å². The number of nitrogens with zero attached hydrogens (tertiary/aromatic N) is 1. The summed E-state index contributed by atoms with van der Waals surface area (Å²) in [5.74, 6) is -3.15. The maximum Gasteiger partial charge on any atom is 0.315 e. The summed E-state index contributed by atoms with van der Waals surface area (Å²) >= 11 is 0. The molecule has 0 aromatic heterocycles. The van der Waals surface area contributed by atoms with Crippen molar-refractivity contribution in [3.05, 3.63) is 28.3 Å². The summed E-state index contributed by atoms with van der Waals surface area (Å²) in [5, 5.41) is 21.9. The van der Waals surface area contributed by atoms with Gasteiger partial charge in [0, 0.05) is 0 Å². The van der Waals surface area contributed by atoms with Crippen LogP contribution in [-0.2, 0) is 9.59 Å². The fraction of sp³-hybridized carbons (Fsp3) is 0.333. The highest BCUT2D eigenvalue weighted by atomic mass is 16.6. The van der Waals surface area contributed by atoms with E-state index in [2.05, 4.69) is 5.32 Å². The molecule has 0 aliphatic heterocycles. The van der Waals surface area contributed by atoms with Gasteiger partial charge in [0.05, 0.1) is 17.6 Å². The molecule has 8 nitrogen and oxygen atoms in total. The summed E-state index contributed by atoms with van der Waals surface area (Å²) in [6.07, 6.45) is 0. The predicted octanol–water partition coefficient (Wildman–Crippen LogP) is 1.65. The summed E-state index contributed by atoms with van der Waals surface area (Å²) in [7, 11) is 0. The van der Waals surface area contributed by atoms with Gasteiger partial charge in [0.2, 0.25) is 5.91 Å². The predicted molar refractivity (Wildman–Crippen MR) is 69.7 cm³/mol. The van der Waals surface area contributed by atoms with E-state index in [1.54, 1.807) is 6.92 Å². The number of rotatable bonds is 6. The zero-order valence-corrected chi connectivity index (χ0v) is 11.0. The first kappa shape index (κ1) is 15.4. The van der Waals surface area contributed by atoms with Gasteiger partial charge in [-0.05, 0) is 26.0 Å². The van der Waals surface area contributed by atoms with Crippen LogP contribution in [0.5, 0.6) is 5.75 Å². The maximum absolute atomic E-state index is 11.6. The Morgan fingerprint density at radius 3 is 2.65 bits per heavy atom. The average Bonchev–Trinajstić information content (AvgIpc) is 2.39. The number of nitro benzene ring substituents is 1. The van der Waals surface area contributed by atoms with Crippen LogP contribution in [0.25, 0.3) is 0 Å². The molecule has 1 rings (SSSR count). The van der Waals surface area contributed by atoms with Gasteiger partial charge in [-0.1, -0.05) is 0 Å². The Morgan fingerprint density at radius 2 is 2.15 bits per heavy atom. The van der Waals surface area contributed by atoms with E-state index in [0.29, 0.717) is 12.4 Å². The van der Waals surface area contributed by atoms with Gasteiger partial charge in [-0.25, -0.2) is 0 Å². The Morgan fingerprint density at radius 1 is 1.50 bits per heavy atom. The zero-order valence-electron chi connectivity index (χ0n) is 11.0. The number of hydrogen-bond donors (Lipinski definition) is 2. The van der Waals surface area contributed by atoms with Crippen LogP contribution in [0.15, 0.2) is 18.2 Å². The third-order valence-electron chi connectivity index (χ3n) is 2.50. The third-order valence-corrected chi connectivity index (χ3v) is 2.50. The van der Waals surface area contributed by atoms with Gasteiger partial charge >= 0.3 is 5.97 Å². The molecular formula is C12H14N2O6. The molecule has 0 radical (unpaired) electrons. The lowest BCUT2D eigenvalue weighted by molar-refractivity contribution is -0.384. The van der Waals surface area contributed by atoms with Crippen molar-refractivity contribution in [2.45, 2.75) is 13.8 Å². The zero-order chi connectivity index (χ0) is 15.3. The van der Waals surface area contributed by atoms with Crippen molar-refractivity contribution in [2.24, 2.45) is 5.92 Å². The van der Waals surface area contributed by atoms with Gasteiger partial charge in [0.1, 0.15) is 17.4 Å². The van der Waals surface area contributed by atoms with Gasteiger partial charge in [-0.2, -0.15) is 0 Å². The number of carbonyl (C=O) groups excluding carboxylic acids is 1. The number of anilines is 1. The minimum Gasteiger partial charge on any atom is -0.494 e. The number of hydrogen-bond acceptors (Lipinski definition) is 5. The van der Waals surface area contributed by atoms with E-state index in [9.17, 15) is 19.7 Å². The van der Waals surface area contributed by atoms with Gasteiger partial charge in [-0.15, -0.1) is 0 Å². The van der Waals surface area contributed by atoms with Crippen molar-refractivity contribution in [2.75, 3.05) is 11.9 Å². The highest BCUT2D eigenvalue weighted by Crippen LogP contribution is 2.29. The van der Waals surface area contributed by atoms with E-state index in [1.807, 2.05) is 0 Å². The van der Waals surface area contributed by atoms with E-state index in [1.165, 1.54) is 25.1 Å². The third kappa shape index (κ3) is 3.67. The maximum atomic E-state index is 11.6. The lowest BCUT2D eigenvalue weighted by atomic mass is 10.1. The Hall–Kier alpha value is -2.64. The molecule has 0 spiro atoms. The van der Waals surface area contributed by atoms with Gasteiger partial charge in [0.15, 0.2) is 0 Å². The van der Waals surface area contributed by atoms with Crippen LogP contribution in [-0.4, -0.2) is 28.5 Å². The molecule has 1 atom stereocenters. The van der Waals surface area contributed by atoms with Crippen LogP contribution in [0.4, 0.5) is 11.4 Å². The molecule has 0 fully saturated rings. The number of carboxylic acid groups (broad SMARTS) is 1. The minimum absolute atomic E-state index is 0.0726. The molecule has 1 amide bonds. The first-order valence-corrected chi connectivity index (χ1v) is 5.81. The summed E-state index contributed by atoms with van der Waals surface area (Å²) in [6, 6.07) is 3.93. The Kier molecular flexibility index (Phi) is 5.01. The van der Waals surface area contributed by atoms with Gasteiger partial charge in [-0.3, -0.25) is 19.7 Å². The molecule has 108 valence electrons. The number of nitro groups is 1. The standard InChI is InChI=1S/C12H14N2O6/c1-3-20-8-4-5-9(10(6-8)14(18)19)13-11(15)7(2)12(16)17/h4-7H,3H2,1-2H3,(H,13,15)(H,16,17). The van der Waals surface area contributed by atoms with Gasteiger partial charge < -0.3 is 15.2 Å². The molecule has 1 aromatic rings. The van der Waals surface area contributed by atoms with Crippen molar-refractivity contribution in [3.8, 4) is 5.75 Å². The smallest absolute Gasteiger partial charge is 0.315 e. The fourth-order valence-electron chi connectivity index (χ4n) is 1.38. The highest BCUT2D eigenvalue weighted by Gasteiger charge is 2.24. The molecule has 0 aliphatic carbocycles. The van der Waals surface area contributed by atoms with Crippen LogP contribution in [0.2, 0.25) is 0 Å². The molecule has 1 aromatic carbocycles. The van der Waals surface area contributed by atoms with Crippen LogP contribution in [0.1, 0.15) is 13.8 Å². The van der Waals surface area contributed by atoms with E-state index in [4.69, 9.17) is 9.84 Å². The lowest BCUT2D eigenvalue weighted by Gasteiger charge is -2.10. The van der Waals surface area contributed by atoms with Crippen molar-refractivity contribution >= 4 is 23.3 Å². The number of aliphatic carboxylic acids is 1. The highest BCUT2D eigenvalue weighted by molar-refractivity contribution is 6.04. The second-order valence-electron chi connectivity index (χ2n) is 3.92. The number of amides is 1. The normalized spacial score (nSPS) is 11.5. The summed E-state index contributed by atoms with van der Waals surface area (Å²) in [4.78, 5) is 32.5. The Balaban J connectivity index is 3.03. The summed E-state index contributed by atoms with van der Waals surface area (Å²) in [6.45, 7) is 3.27. The van der Waals surface area contributed by atoms with Crippen LogP contribution >= 0.6 is 0 Å². The van der Waals surface area contributed by atoms with E-state index >= 15 is 0 Å². The first-order chi connectivity index (χ1) is 9.36. The second-order valence-corrected chi connectivity index (χ2v) is 3.92. The van der Waals surface area contributed by atoms with Crippen molar-refractivity contribution < 1.29 is 24.4 Å². The first-order valence-electron chi connectivity index (χ1n) is 5.81. The molecule has 0 aliphatic rings. The topological polar surface area (TPSA) is 119 Å². The van der Waals surface area contributed by atoms with Crippen molar-refractivity contribution in [1.82, 2.24) is 0 Å². The molecular weight excluding hydrogens is 268 g/mol. The van der Waals surface area contributed by atoms with Gasteiger partial charge in [0.25, 0.3) is 5.69 Å². The molecule has 1 unspecified atom stereocenters. The monoisotopic (exact) mass is 282 g/mol. The van der Waals surface area contributed by atoms with Crippen LogP contribution in [0, 0.1) is 16.0 Å². The molecule has 0 bridgehead atoms. The van der Waals surface area contributed by atoms with Crippen molar-refractivity contribution in [1.29, 1.82) is 0 Å². The summed E-state index contributed by atoms with van der Waals surface area (Å²) < 4.78 is 5.13. The fourth-order valence-corrected chi connectivity index (χ4v) is 1.38. The molecule has 8 heteroatoms. The molecule has 0 heterocycles. The molecule has 2 N–H and O–H groups in total. The number of nitrogens with one attached hydrogen (secondary N) is 1. The minimum atomic E-state index is -1.31. The quantitative estimate of drug-likeness (QED) is 0.465. The number of ether oxygens (including phenoxy) is 1.